The van der Waals surface area contributed by atoms with Crippen molar-refractivity contribution in [3.05, 3.63) is 48.3 Å². The van der Waals surface area contributed by atoms with Gasteiger partial charge in [0, 0.05) is 11.4 Å². The average molecular weight is 342 g/mol. The SMILES string of the molecule is CCCCn1c(-c2ccccc2F)nc2ccc(SCCC)cc21. The minimum atomic E-state index is -0.217. The standard InChI is InChI=1S/C20H23FN2S/c1-3-5-12-23-19-14-15(24-13-4-2)10-11-18(19)22-20(23)16-8-6-7-9-17(16)21/h6-11,14H,3-5,12-13H2,1-2H3. The Morgan fingerprint density at radius 1 is 1.08 bits per heavy atom. The van der Waals surface area contributed by atoms with Gasteiger partial charge in [0.05, 0.1) is 16.6 Å². The van der Waals surface area contributed by atoms with Crippen LogP contribution in [-0.4, -0.2) is 15.3 Å². The lowest BCUT2D eigenvalue weighted by Crippen LogP contribution is -2.01. The van der Waals surface area contributed by atoms with E-state index >= 15 is 0 Å². The number of fused-ring (bicyclic) bond motifs is 1. The number of aryl methyl sites for hydroxylation is 1. The van der Waals surface area contributed by atoms with Crippen LogP contribution < -0.4 is 0 Å². The van der Waals surface area contributed by atoms with Crippen LogP contribution in [-0.2, 0) is 6.54 Å². The highest BCUT2D eigenvalue weighted by atomic mass is 32.2. The molecule has 24 heavy (non-hydrogen) atoms. The molecule has 1 heterocycles. The number of hydrogen-bond acceptors (Lipinski definition) is 2. The van der Waals surface area contributed by atoms with Crippen molar-refractivity contribution in [2.75, 3.05) is 5.75 Å². The van der Waals surface area contributed by atoms with Gasteiger partial charge >= 0.3 is 0 Å². The Morgan fingerprint density at radius 3 is 2.67 bits per heavy atom. The van der Waals surface area contributed by atoms with Crippen LogP contribution >= 0.6 is 11.8 Å². The first-order valence-electron chi connectivity index (χ1n) is 8.62. The molecule has 2 nitrogen and oxygen atoms in total. The van der Waals surface area contributed by atoms with Gasteiger partial charge < -0.3 is 4.57 Å². The molecule has 3 rings (SSSR count). The zero-order chi connectivity index (χ0) is 16.9. The lowest BCUT2D eigenvalue weighted by Gasteiger charge is -2.10. The number of halogens is 1. The van der Waals surface area contributed by atoms with Gasteiger partial charge in [0.1, 0.15) is 11.6 Å². The summed E-state index contributed by atoms with van der Waals surface area (Å²) in [4.78, 5) is 5.98. The predicted molar refractivity (Wildman–Crippen MR) is 101 cm³/mol. The first kappa shape index (κ1) is 17.0. The van der Waals surface area contributed by atoms with E-state index in [9.17, 15) is 4.39 Å². The van der Waals surface area contributed by atoms with E-state index < -0.39 is 0 Å². The van der Waals surface area contributed by atoms with Gasteiger partial charge in [-0.2, -0.15) is 0 Å². The van der Waals surface area contributed by atoms with E-state index in [2.05, 4.69) is 36.6 Å². The summed E-state index contributed by atoms with van der Waals surface area (Å²) >= 11 is 1.86. The number of hydrogen-bond donors (Lipinski definition) is 0. The highest BCUT2D eigenvalue weighted by Crippen LogP contribution is 2.30. The van der Waals surface area contributed by atoms with Crippen LogP contribution in [0.5, 0.6) is 0 Å². The van der Waals surface area contributed by atoms with Gasteiger partial charge in [0.15, 0.2) is 0 Å². The van der Waals surface area contributed by atoms with Gasteiger partial charge in [-0.15, -0.1) is 11.8 Å². The van der Waals surface area contributed by atoms with E-state index in [1.807, 2.05) is 23.9 Å². The Hall–Kier alpha value is -1.81. The Bertz CT molecular complexity index is 826. The van der Waals surface area contributed by atoms with Gasteiger partial charge in [-0.1, -0.05) is 32.4 Å². The van der Waals surface area contributed by atoms with Crippen LogP contribution in [0.2, 0.25) is 0 Å². The van der Waals surface area contributed by atoms with Crippen LogP contribution in [0, 0.1) is 5.82 Å². The molecule has 4 heteroatoms. The van der Waals surface area contributed by atoms with Gasteiger partial charge in [0.2, 0.25) is 0 Å². The molecule has 0 atom stereocenters. The molecule has 0 unspecified atom stereocenters. The average Bonchev–Trinajstić information content (AvgIpc) is 2.96. The lowest BCUT2D eigenvalue weighted by molar-refractivity contribution is 0.620. The number of aromatic nitrogens is 2. The molecular formula is C20H23FN2S. The maximum atomic E-state index is 14.3. The van der Waals surface area contributed by atoms with E-state index in [4.69, 9.17) is 4.98 Å². The molecule has 0 spiro atoms. The van der Waals surface area contributed by atoms with Crippen molar-refractivity contribution >= 4 is 22.8 Å². The van der Waals surface area contributed by atoms with Crippen molar-refractivity contribution in [3.63, 3.8) is 0 Å². The second-order valence-corrected chi connectivity index (χ2v) is 7.09. The van der Waals surface area contributed by atoms with Gasteiger partial charge in [-0.25, -0.2) is 9.37 Å². The topological polar surface area (TPSA) is 17.8 Å². The molecular weight excluding hydrogens is 319 g/mol. The molecule has 0 radical (unpaired) electrons. The highest BCUT2D eigenvalue weighted by Gasteiger charge is 2.15. The quantitative estimate of drug-likeness (QED) is 0.480. The van der Waals surface area contributed by atoms with Crippen LogP contribution in [0.4, 0.5) is 4.39 Å². The van der Waals surface area contributed by atoms with Gasteiger partial charge in [-0.05, 0) is 48.9 Å². The van der Waals surface area contributed by atoms with E-state index in [1.54, 1.807) is 6.07 Å². The van der Waals surface area contributed by atoms with Crippen molar-refractivity contribution in [2.24, 2.45) is 0 Å². The first-order chi connectivity index (χ1) is 11.7. The number of benzene rings is 2. The van der Waals surface area contributed by atoms with Crippen molar-refractivity contribution < 1.29 is 4.39 Å². The van der Waals surface area contributed by atoms with Crippen molar-refractivity contribution in [2.45, 2.75) is 44.6 Å². The summed E-state index contributed by atoms with van der Waals surface area (Å²) in [6, 6.07) is 13.3. The second-order valence-electron chi connectivity index (χ2n) is 5.92. The molecule has 2 aromatic carbocycles. The summed E-state index contributed by atoms with van der Waals surface area (Å²) in [5.41, 5.74) is 2.61. The summed E-state index contributed by atoms with van der Waals surface area (Å²) < 4.78 is 16.5. The van der Waals surface area contributed by atoms with Crippen molar-refractivity contribution in [1.29, 1.82) is 0 Å². The van der Waals surface area contributed by atoms with Crippen LogP contribution in [0.25, 0.3) is 22.4 Å². The molecule has 0 aliphatic rings. The predicted octanol–water partition coefficient (Wildman–Crippen LogP) is 6.14. The normalized spacial score (nSPS) is 11.3. The minimum Gasteiger partial charge on any atom is -0.324 e. The summed E-state index contributed by atoms with van der Waals surface area (Å²) in [6.07, 6.45) is 3.30. The molecule has 0 aliphatic heterocycles. The molecule has 0 aliphatic carbocycles. The summed E-state index contributed by atoms with van der Waals surface area (Å²) in [5, 5.41) is 0. The fraction of sp³-hybridized carbons (Fsp3) is 0.350. The van der Waals surface area contributed by atoms with Gasteiger partial charge in [0.25, 0.3) is 0 Å². The molecule has 0 N–H and O–H groups in total. The number of thioether (sulfide) groups is 1. The number of rotatable bonds is 7. The number of nitrogens with zero attached hydrogens (tertiary/aromatic N) is 2. The van der Waals surface area contributed by atoms with E-state index in [0.717, 1.165) is 48.4 Å². The largest absolute Gasteiger partial charge is 0.324 e. The Morgan fingerprint density at radius 2 is 1.92 bits per heavy atom. The highest BCUT2D eigenvalue weighted by molar-refractivity contribution is 7.99. The third-order valence-corrected chi connectivity index (χ3v) is 5.24. The Balaban J connectivity index is 2.12. The maximum absolute atomic E-state index is 14.3. The summed E-state index contributed by atoms with van der Waals surface area (Å²) in [7, 11) is 0. The summed E-state index contributed by atoms with van der Waals surface area (Å²) in [6.45, 7) is 5.22. The maximum Gasteiger partial charge on any atom is 0.144 e. The zero-order valence-corrected chi connectivity index (χ0v) is 15.1. The monoisotopic (exact) mass is 342 g/mol. The van der Waals surface area contributed by atoms with Gasteiger partial charge in [-0.3, -0.25) is 0 Å². The molecule has 0 fully saturated rings. The van der Waals surface area contributed by atoms with Crippen LogP contribution in [0.3, 0.4) is 0 Å². The Kier molecular flexibility index (Phi) is 5.56. The fourth-order valence-electron chi connectivity index (χ4n) is 2.80. The lowest BCUT2D eigenvalue weighted by atomic mass is 10.2. The Labute approximate surface area is 147 Å². The third-order valence-electron chi connectivity index (χ3n) is 4.04. The van der Waals surface area contributed by atoms with E-state index in [0.29, 0.717) is 5.56 Å². The summed E-state index contributed by atoms with van der Waals surface area (Å²) in [5.74, 6) is 1.62. The molecule has 1 aromatic heterocycles. The second kappa shape index (κ2) is 7.84. The van der Waals surface area contributed by atoms with Crippen molar-refractivity contribution in [3.8, 4) is 11.4 Å². The smallest absolute Gasteiger partial charge is 0.144 e. The molecule has 0 saturated carbocycles. The molecule has 0 saturated heterocycles. The molecule has 126 valence electrons. The fourth-order valence-corrected chi connectivity index (χ4v) is 3.60. The van der Waals surface area contributed by atoms with Crippen LogP contribution in [0.1, 0.15) is 33.1 Å². The molecule has 0 bridgehead atoms. The third kappa shape index (κ3) is 3.48. The van der Waals surface area contributed by atoms with Crippen LogP contribution in [0.15, 0.2) is 47.4 Å². The first-order valence-corrected chi connectivity index (χ1v) is 9.61. The zero-order valence-electron chi connectivity index (χ0n) is 14.3. The van der Waals surface area contributed by atoms with Crippen molar-refractivity contribution in [1.82, 2.24) is 9.55 Å². The number of unbranched alkanes of at least 4 members (excludes halogenated alkanes) is 1. The molecule has 0 amide bonds. The minimum absolute atomic E-state index is 0.217. The molecule has 3 aromatic rings. The van der Waals surface area contributed by atoms with E-state index in [-0.39, 0.29) is 5.82 Å². The number of imidazole rings is 1. The van der Waals surface area contributed by atoms with E-state index in [1.165, 1.54) is 11.0 Å².